The summed E-state index contributed by atoms with van der Waals surface area (Å²) in [5.41, 5.74) is 1.29. The largest absolute Gasteiger partial charge is 0.374 e. The van der Waals surface area contributed by atoms with Gasteiger partial charge in [0.1, 0.15) is 0 Å². The van der Waals surface area contributed by atoms with Crippen LogP contribution in [0.2, 0.25) is 0 Å². The number of carbonyl (C=O) groups is 2. The lowest BCUT2D eigenvalue weighted by Crippen LogP contribution is -2.47. The van der Waals surface area contributed by atoms with Crippen molar-refractivity contribution in [3.8, 4) is 0 Å². The average Bonchev–Trinajstić information content (AvgIpc) is 2.73. The van der Waals surface area contributed by atoms with E-state index in [-0.39, 0.29) is 17.9 Å². The number of carbonyl (C=O) groups excluding carboxylic acids is 2. The van der Waals surface area contributed by atoms with E-state index in [2.05, 4.69) is 48.3 Å². The van der Waals surface area contributed by atoms with E-state index in [0.29, 0.717) is 32.4 Å². The van der Waals surface area contributed by atoms with Gasteiger partial charge in [0.15, 0.2) is 0 Å². The maximum atomic E-state index is 12.3. The Hall–Kier alpha value is -1.92. The van der Waals surface area contributed by atoms with Gasteiger partial charge in [0, 0.05) is 52.1 Å². The number of rotatable bonds is 12. The number of morpholine rings is 1. The van der Waals surface area contributed by atoms with Gasteiger partial charge in [-0.05, 0) is 24.8 Å². The van der Waals surface area contributed by atoms with Crippen LogP contribution < -0.4 is 5.32 Å². The van der Waals surface area contributed by atoms with Crippen molar-refractivity contribution in [2.45, 2.75) is 58.6 Å². The molecule has 0 aromatic heterocycles. The summed E-state index contributed by atoms with van der Waals surface area (Å²) in [5.74, 6) is 0.160. The molecule has 1 fully saturated rings. The quantitative estimate of drug-likeness (QED) is 0.583. The van der Waals surface area contributed by atoms with Crippen LogP contribution in [-0.4, -0.2) is 67.0 Å². The first-order valence-corrected chi connectivity index (χ1v) is 11.0. The Balaban J connectivity index is 1.63. The molecule has 1 unspecified atom stereocenters. The van der Waals surface area contributed by atoms with Crippen LogP contribution in [0.5, 0.6) is 0 Å². The zero-order chi connectivity index (χ0) is 20.9. The number of nitrogens with zero attached hydrogens (tertiary/aromatic N) is 2. The van der Waals surface area contributed by atoms with Crippen molar-refractivity contribution in [2.24, 2.45) is 0 Å². The van der Waals surface area contributed by atoms with Gasteiger partial charge in [0.05, 0.1) is 12.7 Å². The molecule has 1 aromatic rings. The number of benzene rings is 1. The minimum Gasteiger partial charge on any atom is -0.374 e. The van der Waals surface area contributed by atoms with Crippen molar-refractivity contribution >= 4 is 11.8 Å². The highest BCUT2D eigenvalue weighted by molar-refractivity contribution is 5.79. The summed E-state index contributed by atoms with van der Waals surface area (Å²) in [7, 11) is 0. The molecule has 1 N–H and O–H groups in total. The van der Waals surface area contributed by atoms with Crippen molar-refractivity contribution in [3.63, 3.8) is 0 Å². The molecule has 29 heavy (non-hydrogen) atoms. The Morgan fingerprint density at radius 1 is 1.14 bits per heavy atom. The van der Waals surface area contributed by atoms with Gasteiger partial charge in [-0.25, -0.2) is 0 Å². The van der Waals surface area contributed by atoms with Crippen molar-refractivity contribution in [1.82, 2.24) is 15.1 Å². The molecule has 1 aliphatic rings. The van der Waals surface area contributed by atoms with Gasteiger partial charge < -0.3 is 15.0 Å². The molecule has 1 atom stereocenters. The van der Waals surface area contributed by atoms with Crippen LogP contribution in [0.4, 0.5) is 0 Å². The van der Waals surface area contributed by atoms with Crippen LogP contribution in [0.15, 0.2) is 30.3 Å². The van der Waals surface area contributed by atoms with Gasteiger partial charge in [0.25, 0.3) is 0 Å². The van der Waals surface area contributed by atoms with E-state index < -0.39 is 0 Å². The number of nitrogens with one attached hydrogen (secondary N) is 1. The first kappa shape index (κ1) is 23.4. The van der Waals surface area contributed by atoms with Crippen LogP contribution in [0.1, 0.15) is 51.5 Å². The Labute approximate surface area is 175 Å². The third-order valence-electron chi connectivity index (χ3n) is 5.13. The summed E-state index contributed by atoms with van der Waals surface area (Å²) in [5, 5.41) is 2.97. The Morgan fingerprint density at radius 2 is 1.86 bits per heavy atom. The van der Waals surface area contributed by atoms with Gasteiger partial charge in [-0.1, -0.05) is 44.2 Å². The fourth-order valence-electron chi connectivity index (χ4n) is 3.66. The zero-order valence-corrected chi connectivity index (χ0v) is 18.1. The van der Waals surface area contributed by atoms with E-state index in [1.807, 2.05) is 11.0 Å². The van der Waals surface area contributed by atoms with Gasteiger partial charge in [-0.15, -0.1) is 0 Å². The molecule has 6 heteroatoms. The summed E-state index contributed by atoms with van der Waals surface area (Å²) in [6.45, 7) is 9.61. The predicted octanol–water partition coefficient (Wildman–Crippen LogP) is 2.82. The fraction of sp³-hybridized carbons (Fsp3) is 0.652. The average molecular weight is 404 g/mol. The highest BCUT2D eigenvalue weighted by Gasteiger charge is 2.21. The van der Waals surface area contributed by atoms with Crippen LogP contribution >= 0.6 is 0 Å². The summed E-state index contributed by atoms with van der Waals surface area (Å²) in [4.78, 5) is 28.7. The molecule has 1 saturated heterocycles. The maximum Gasteiger partial charge on any atom is 0.222 e. The molecule has 162 valence electrons. The first-order valence-electron chi connectivity index (χ1n) is 11.0. The molecular weight excluding hydrogens is 366 g/mol. The normalized spacial score (nSPS) is 17.1. The molecule has 0 aliphatic carbocycles. The minimum absolute atomic E-state index is 0.000819. The molecule has 2 amide bonds. The predicted molar refractivity (Wildman–Crippen MR) is 115 cm³/mol. The molecular formula is C23H37N3O3. The number of amides is 2. The van der Waals surface area contributed by atoms with E-state index in [4.69, 9.17) is 4.74 Å². The summed E-state index contributed by atoms with van der Waals surface area (Å²) >= 11 is 0. The number of hydrogen-bond donors (Lipinski definition) is 1. The van der Waals surface area contributed by atoms with Crippen molar-refractivity contribution in [3.05, 3.63) is 35.9 Å². The SMILES string of the molecule is CCCN(CCC)C(=O)CCCC(=O)NCC1CN(Cc2ccccc2)CCO1. The van der Waals surface area contributed by atoms with Gasteiger partial charge in [-0.2, -0.15) is 0 Å². The summed E-state index contributed by atoms with van der Waals surface area (Å²) in [6.07, 6.45) is 3.38. The Bertz CT molecular complexity index is 603. The second kappa shape index (κ2) is 13.3. The van der Waals surface area contributed by atoms with E-state index in [1.165, 1.54) is 5.56 Å². The second-order valence-electron chi connectivity index (χ2n) is 7.75. The van der Waals surface area contributed by atoms with Crippen molar-refractivity contribution in [1.29, 1.82) is 0 Å². The van der Waals surface area contributed by atoms with Crippen molar-refractivity contribution < 1.29 is 14.3 Å². The van der Waals surface area contributed by atoms with Crippen LogP contribution in [0.3, 0.4) is 0 Å². The van der Waals surface area contributed by atoms with Crippen LogP contribution in [0, 0.1) is 0 Å². The first-order chi connectivity index (χ1) is 14.1. The highest BCUT2D eigenvalue weighted by atomic mass is 16.5. The lowest BCUT2D eigenvalue weighted by atomic mass is 10.2. The third kappa shape index (κ3) is 8.96. The van der Waals surface area contributed by atoms with E-state index in [9.17, 15) is 9.59 Å². The zero-order valence-electron chi connectivity index (χ0n) is 18.1. The van der Waals surface area contributed by atoms with Crippen molar-refractivity contribution in [2.75, 3.05) is 39.3 Å². The number of ether oxygens (including phenoxy) is 1. The van der Waals surface area contributed by atoms with E-state index in [0.717, 1.165) is 45.6 Å². The van der Waals surface area contributed by atoms with E-state index >= 15 is 0 Å². The summed E-state index contributed by atoms with van der Waals surface area (Å²) in [6, 6.07) is 10.4. The molecule has 6 nitrogen and oxygen atoms in total. The standard InChI is InChI=1S/C23H37N3O3/c1-3-13-26(14-4-2)23(28)12-8-11-22(27)24-17-21-19-25(15-16-29-21)18-20-9-6-5-7-10-20/h5-7,9-10,21H,3-4,8,11-19H2,1-2H3,(H,24,27). The fourth-order valence-corrected chi connectivity index (χ4v) is 3.66. The van der Waals surface area contributed by atoms with Gasteiger partial charge in [-0.3, -0.25) is 14.5 Å². The monoisotopic (exact) mass is 403 g/mol. The van der Waals surface area contributed by atoms with Gasteiger partial charge in [0.2, 0.25) is 11.8 Å². The van der Waals surface area contributed by atoms with E-state index in [1.54, 1.807) is 0 Å². The molecule has 1 aliphatic heterocycles. The molecule has 0 spiro atoms. The Kier molecular flexibility index (Phi) is 10.7. The van der Waals surface area contributed by atoms with Crippen LogP contribution in [-0.2, 0) is 20.9 Å². The summed E-state index contributed by atoms with van der Waals surface area (Å²) < 4.78 is 5.81. The minimum atomic E-state index is -0.000819. The van der Waals surface area contributed by atoms with Crippen LogP contribution in [0.25, 0.3) is 0 Å². The second-order valence-corrected chi connectivity index (χ2v) is 7.75. The third-order valence-corrected chi connectivity index (χ3v) is 5.13. The molecule has 1 aromatic carbocycles. The Morgan fingerprint density at radius 3 is 2.55 bits per heavy atom. The molecule has 0 saturated carbocycles. The number of hydrogen-bond acceptors (Lipinski definition) is 4. The maximum absolute atomic E-state index is 12.3. The van der Waals surface area contributed by atoms with Gasteiger partial charge >= 0.3 is 0 Å². The highest BCUT2D eigenvalue weighted by Crippen LogP contribution is 2.10. The molecule has 2 rings (SSSR count). The molecule has 1 heterocycles. The molecule has 0 radical (unpaired) electrons. The lowest BCUT2D eigenvalue weighted by molar-refractivity contribution is -0.131. The smallest absolute Gasteiger partial charge is 0.222 e. The molecule has 0 bridgehead atoms. The topological polar surface area (TPSA) is 61.9 Å². The lowest BCUT2D eigenvalue weighted by Gasteiger charge is -2.33.